The topological polar surface area (TPSA) is 75.1 Å². The van der Waals surface area contributed by atoms with E-state index in [1.165, 1.54) is 6.33 Å². The first-order valence-corrected chi connectivity index (χ1v) is 6.87. The summed E-state index contributed by atoms with van der Waals surface area (Å²) in [4.78, 5) is 19.7. The number of fused-ring (bicyclic) bond motifs is 1. The van der Waals surface area contributed by atoms with Crippen LogP contribution >= 0.6 is 12.4 Å². The lowest BCUT2D eigenvalue weighted by Gasteiger charge is -2.12. The Hall–Kier alpha value is -2.66. The standard InChI is InChI=1S/C17H15N3O2.ClH/c1-10-3-6-14-13(7-10)16(19-9-18-14)20-15-8-12(17(21)22)5-4-11(15)2;/h3-9H,1-2H3,(H,21,22)(H,18,19,20);1H. The van der Waals surface area contributed by atoms with Gasteiger partial charge in [0, 0.05) is 11.1 Å². The molecule has 1 heterocycles. The number of aromatic nitrogens is 2. The lowest BCUT2D eigenvalue weighted by molar-refractivity contribution is 0.0697. The predicted molar refractivity (Wildman–Crippen MR) is 92.9 cm³/mol. The number of aryl methyl sites for hydroxylation is 2. The summed E-state index contributed by atoms with van der Waals surface area (Å²) in [6.45, 7) is 3.93. The second-order valence-corrected chi connectivity index (χ2v) is 5.20. The monoisotopic (exact) mass is 329 g/mol. The van der Waals surface area contributed by atoms with E-state index in [0.29, 0.717) is 5.82 Å². The summed E-state index contributed by atoms with van der Waals surface area (Å²) < 4.78 is 0. The number of nitrogens with zero attached hydrogens (tertiary/aromatic N) is 2. The Morgan fingerprint density at radius 1 is 1.09 bits per heavy atom. The third kappa shape index (κ3) is 3.40. The summed E-state index contributed by atoms with van der Waals surface area (Å²) in [5.41, 5.74) is 3.87. The quantitative estimate of drug-likeness (QED) is 0.756. The van der Waals surface area contributed by atoms with Gasteiger partial charge in [0.1, 0.15) is 12.1 Å². The molecular weight excluding hydrogens is 314 g/mol. The molecule has 0 aliphatic rings. The van der Waals surface area contributed by atoms with Gasteiger partial charge in [0.05, 0.1) is 11.1 Å². The molecule has 0 spiro atoms. The fourth-order valence-electron chi connectivity index (χ4n) is 2.29. The first-order chi connectivity index (χ1) is 10.5. The van der Waals surface area contributed by atoms with Crippen LogP contribution in [0.1, 0.15) is 21.5 Å². The van der Waals surface area contributed by atoms with Gasteiger partial charge < -0.3 is 10.4 Å². The predicted octanol–water partition coefficient (Wildman–Crippen LogP) is 4.11. The van der Waals surface area contributed by atoms with Crippen molar-refractivity contribution in [1.82, 2.24) is 9.97 Å². The zero-order valence-corrected chi connectivity index (χ0v) is 13.5. The van der Waals surface area contributed by atoms with Gasteiger partial charge in [-0.05, 0) is 43.7 Å². The highest BCUT2D eigenvalue weighted by Gasteiger charge is 2.09. The maximum atomic E-state index is 11.1. The highest BCUT2D eigenvalue weighted by molar-refractivity contribution is 5.93. The van der Waals surface area contributed by atoms with Gasteiger partial charge in [0.25, 0.3) is 0 Å². The van der Waals surface area contributed by atoms with Gasteiger partial charge in [-0.15, -0.1) is 12.4 Å². The summed E-state index contributed by atoms with van der Waals surface area (Å²) >= 11 is 0. The molecule has 0 aliphatic heterocycles. The van der Waals surface area contributed by atoms with Crippen LogP contribution in [-0.4, -0.2) is 21.0 Å². The van der Waals surface area contributed by atoms with Crippen LogP contribution in [0.4, 0.5) is 11.5 Å². The Morgan fingerprint density at radius 3 is 2.61 bits per heavy atom. The van der Waals surface area contributed by atoms with Crippen molar-refractivity contribution in [3.05, 3.63) is 59.4 Å². The van der Waals surface area contributed by atoms with Crippen LogP contribution < -0.4 is 5.32 Å². The molecule has 2 N–H and O–H groups in total. The molecule has 3 aromatic rings. The third-order valence-electron chi connectivity index (χ3n) is 3.53. The van der Waals surface area contributed by atoms with E-state index < -0.39 is 5.97 Å². The van der Waals surface area contributed by atoms with Gasteiger partial charge in [-0.2, -0.15) is 0 Å². The Kier molecular flexibility index (Phi) is 4.81. The summed E-state index contributed by atoms with van der Waals surface area (Å²) in [7, 11) is 0. The van der Waals surface area contributed by atoms with Crippen LogP contribution in [0.2, 0.25) is 0 Å². The number of rotatable bonds is 3. The fraction of sp³-hybridized carbons (Fsp3) is 0.118. The maximum absolute atomic E-state index is 11.1. The highest BCUT2D eigenvalue weighted by Crippen LogP contribution is 2.26. The fourth-order valence-corrected chi connectivity index (χ4v) is 2.29. The average Bonchev–Trinajstić information content (AvgIpc) is 2.49. The zero-order valence-electron chi connectivity index (χ0n) is 12.7. The molecule has 2 aromatic carbocycles. The lowest BCUT2D eigenvalue weighted by Crippen LogP contribution is -2.01. The molecular formula is C17H16ClN3O2. The van der Waals surface area contributed by atoms with Crippen molar-refractivity contribution in [1.29, 1.82) is 0 Å². The van der Waals surface area contributed by atoms with E-state index in [4.69, 9.17) is 5.11 Å². The summed E-state index contributed by atoms with van der Waals surface area (Å²) in [5, 5.41) is 13.2. The van der Waals surface area contributed by atoms with Crippen molar-refractivity contribution in [2.45, 2.75) is 13.8 Å². The number of halogens is 1. The molecule has 0 amide bonds. The second kappa shape index (κ2) is 6.62. The Balaban J connectivity index is 0.00000192. The first kappa shape index (κ1) is 16.7. The van der Waals surface area contributed by atoms with E-state index in [2.05, 4.69) is 15.3 Å². The Bertz CT molecular complexity index is 881. The minimum Gasteiger partial charge on any atom is -0.478 e. The molecule has 0 fully saturated rings. The van der Waals surface area contributed by atoms with Gasteiger partial charge in [-0.3, -0.25) is 0 Å². The molecule has 0 atom stereocenters. The van der Waals surface area contributed by atoms with Gasteiger partial charge >= 0.3 is 5.97 Å². The number of aromatic carboxylic acids is 1. The molecule has 1 aromatic heterocycles. The third-order valence-corrected chi connectivity index (χ3v) is 3.53. The summed E-state index contributed by atoms with van der Waals surface area (Å²) in [5.74, 6) is -0.286. The van der Waals surface area contributed by atoms with Crippen molar-refractivity contribution in [2.24, 2.45) is 0 Å². The van der Waals surface area contributed by atoms with Crippen LogP contribution in [0.15, 0.2) is 42.7 Å². The van der Waals surface area contributed by atoms with Gasteiger partial charge in [-0.25, -0.2) is 14.8 Å². The van der Waals surface area contributed by atoms with Crippen molar-refractivity contribution in [2.75, 3.05) is 5.32 Å². The highest BCUT2D eigenvalue weighted by atomic mass is 35.5. The number of carboxylic acids is 1. The molecule has 0 unspecified atom stereocenters. The number of hydrogen-bond donors (Lipinski definition) is 2. The van der Waals surface area contributed by atoms with E-state index in [0.717, 1.165) is 27.7 Å². The molecule has 23 heavy (non-hydrogen) atoms. The van der Waals surface area contributed by atoms with Gasteiger partial charge in [0.2, 0.25) is 0 Å². The maximum Gasteiger partial charge on any atom is 0.335 e. The number of carbonyl (C=O) groups is 1. The zero-order chi connectivity index (χ0) is 15.7. The van der Waals surface area contributed by atoms with E-state index in [9.17, 15) is 4.79 Å². The van der Waals surface area contributed by atoms with Crippen LogP contribution in [0.5, 0.6) is 0 Å². The molecule has 5 nitrogen and oxygen atoms in total. The second-order valence-electron chi connectivity index (χ2n) is 5.20. The molecule has 0 aliphatic carbocycles. The minimum atomic E-state index is -0.952. The van der Waals surface area contributed by atoms with Crippen LogP contribution in [-0.2, 0) is 0 Å². The number of nitrogens with one attached hydrogen (secondary N) is 1. The van der Waals surface area contributed by atoms with Crippen molar-refractivity contribution in [3.8, 4) is 0 Å². The largest absolute Gasteiger partial charge is 0.478 e. The molecule has 0 saturated heterocycles. The van der Waals surface area contributed by atoms with E-state index in [1.807, 2.05) is 32.0 Å². The number of carboxylic acid groups (broad SMARTS) is 1. The van der Waals surface area contributed by atoms with Crippen LogP contribution in [0.3, 0.4) is 0 Å². The normalized spacial score (nSPS) is 10.2. The summed E-state index contributed by atoms with van der Waals surface area (Å²) in [6, 6.07) is 10.9. The number of hydrogen-bond acceptors (Lipinski definition) is 4. The van der Waals surface area contributed by atoms with Crippen molar-refractivity contribution in [3.63, 3.8) is 0 Å². The van der Waals surface area contributed by atoms with E-state index >= 15 is 0 Å². The lowest BCUT2D eigenvalue weighted by atomic mass is 10.1. The molecule has 0 radical (unpaired) electrons. The first-order valence-electron chi connectivity index (χ1n) is 6.87. The molecule has 118 valence electrons. The summed E-state index contributed by atoms with van der Waals surface area (Å²) in [6.07, 6.45) is 1.50. The molecule has 3 rings (SSSR count). The Morgan fingerprint density at radius 2 is 1.87 bits per heavy atom. The van der Waals surface area contributed by atoms with Crippen molar-refractivity contribution < 1.29 is 9.90 Å². The SMILES string of the molecule is Cc1ccc2ncnc(Nc3cc(C(=O)O)ccc3C)c2c1.Cl. The molecule has 0 bridgehead atoms. The Labute approximate surface area is 139 Å². The van der Waals surface area contributed by atoms with Crippen molar-refractivity contribution >= 4 is 40.8 Å². The van der Waals surface area contributed by atoms with Gasteiger partial charge in [0.15, 0.2) is 0 Å². The van der Waals surface area contributed by atoms with E-state index in [1.54, 1.807) is 18.2 Å². The van der Waals surface area contributed by atoms with Gasteiger partial charge in [-0.1, -0.05) is 17.7 Å². The van der Waals surface area contributed by atoms with Crippen LogP contribution in [0.25, 0.3) is 10.9 Å². The molecule has 6 heteroatoms. The number of benzene rings is 2. The molecule has 0 saturated carbocycles. The smallest absolute Gasteiger partial charge is 0.335 e. The van der Waals surface area contributed by atoms with E-state index in [-0.39, 0.29) is 18.0 Å². The average molecular weight is 330 g/mol. The number of anilines is 2. The minimum absolute atomic E-state index is 0. The van der Waals surface area contributed by atoms with Crippen LogP contribution in [0, 0.1) is 13.8 Å².